The van der Waals surface area contributed by atoms with Crippen LogP contribution in [0.3, 0.4) is 0 Å². The highest BCUT2D eigenvalue weighted by molar-refractivity contribution is 7.89. The minimum Gasteiger partial charge on any atom is -0.508 e. The van der Waals surface area contributed by atoms with Crippen LogP contribution in [0.2, 0.25) is 0 Å². The Labute approximate surface area is 229 Å². The van der Waals surface area contributed by atoms with Crippen LogP contribution in [-0.2, 0) is 23.1 Å². The molecule has 3 rings (SSSR count). The number of amides is 1. The maximum absolute atomic E-state index is 13.5. The number of aliphatic hydroxyl groups is 1. The van der Waals surface area contributed by atoms with Crippen molar-refractivity contribution in [1.29, 1.82) is 0 Å². The molecule has 0 aliphatic heterocycles. The lowest BCUT2D eigenvalue weighted by molar-refractivity contribution is 0.0980. The quantitative estimate of drug-likeness (QED) is 0.248. The zero-order chi connectivity index (χ0) is 28.6. The Morgan fingerprint density at radius 2 is 1.64 bits per heavy atom. The first-order valence-electron chi connectivity index (χ1n) is 12.7. The van der Waals surface area contributed by atoms with Crippen LogP contribution in [0, 0.1) is 12.8 Å². The molecule has 0 spiro atoms. The van der Waals surface area contributed by atoms with E-state index < -0.39 is 28.3 Å². The van der Waals surface area contributed by atoms with Gasteiger partial charge in [0.25, 0.3) is 0 Å². The lowest BCUT2D eigenvalue weighted by Crippen LogP contribution is -2.50. The van der Waals surface area contributed by atoms with Crippen LogP contribution in [-0.4, -0.2) is 59.4 Å². The number of phenolic OH excluding ortho intramolecular Hbond substituents is 1. The number of hydrogen-bond acceptors (Lipinski definition) is 6. The number of hydrogen-bond donors (Lipinski definition) is 4. The van der Waals surface area contributed by atoms with Gasteiger partial charge in [0.05, 0.1) is 17.0 Å². The van der Waals surface area contributed by atoms with Gasteiger partial charge in [-0.3, -0.25) is 0 Å². The molecule has 0 radical (unpaired) electrons. The van der Waals surface area contributed by atoms with Crippen molar-refractivity contribution in [3.05, 3.63) is 89.5 Å². The van der Waals surface area contributed by atoms with Crippen LogP contribution in [0.15, 0.2) is 77.7 Å². The van der Waals surface area contributed by atoms with E-state index in [1.807, 2.05) is 44.2 Å². The summed E-state index contributed by atoms with van der Waals surface area (Å²) in [6.45, 7) is 5.51. The molecule has 2 atom stereocenters. The van der Waals surface area contributed by atoms with Gasteiger partial charge in [-0.05, 0) is 66.3 Å². The molecule has 0 aliphatic rings. The third-order valence-corrected chi connectivity index (χ3v) is 7.99. The smallest absolute Gasteiger partial charge is 0.404 e. The molecule has 0 saturated carbocycles. The third-order valence-electron chi connectivity index (χ3n) is 6.17. The Morgan fingerprint density at radius 3 is 2.23 bits per heavy atom. The zero-order valence-electron chi connectivity index (χ0n) is 22.3. The minimum atomic E-state index is -4.03. The molecule has 10 heteroatoms. The molecule has 39 heavy (non-hydrogen) atoms. The fourth-order valence-corrected chi connectivity index (χ4v) is 5.82. The average molecular weight is 557 g/mol. The predicted octanol–water partition coefficient (Wildman–Crippen LogP) is 4.17. The molecule has 0 aliphatic carbocycles. The second-order valence-corrected chi connectivity index (χ2v) is 11.8. The van der Waals surface area contributed by atoms with Gasteiger partial charge in [-0.15, -0.1) is 0 Å². The lowest BCUT2D eigenvalue weighted by Gasteiger charge is -2.30. The number of phenols is 1. The topological polar surface area (TPSA) is 136 Å². The summed E-state index contributed by atoms with van der Waals surface area (Å²) in [5.74, 6) is 0.565. The number of carboxylic acid groups (broad SMARTS) is 1. The first-order valence-corrected chi connectivity index (χ1v) is 14.1. The summed E-state index contributed by atoms with van der Waals surface area (Å²) in [5, 5.41) is 32.6. The van der Waals surface area contributed by atoms with Crippen LogP contribution in [0.1, 0.15) is 30.5 Å². The monoisotopic (exact) mass is 556 g/mol. The summed E-state index contributed by atoms with van der Waals surface area (Å²) in [4.78, 5) is 11.5. The standard InChI is InChI=1S/C29H36N2O7S/c1-20(2)17-31(39(36,37)25-13-14-27(32)21(3)15-25)18-28(33)26(30-29(34)35)16-22-9-11-24(12-10-22)38-19-23-7-5-4-6-8-23/h4-15,20,26,28,30,32-33H,16-19H2,1-3H3,(H,34,35)/t26-,28+/m0/s1. The highest BCUT2D eigenvalue weighted by atomic mass is 32.2. The van der Waals surface area contributed by atoms with Crippen molar-refractivity contribution in [3.8, 4) is 11.5 Å². The molecule has 1 amide bonds. The fourth-order valence-electron chi connectivity index (χ4n) is 4.11. The summed E-state index contributed by atoms with van der Waals surface area (Å²) < 4.78 is 33.9. The van der Waals surface area contributed by atoms with E-state index in [0.29, 0.717) is 17.9 Å². The normalized spacial score (nSPS) is 13.3. The first kappa shape index (κ1) is 29.9. The maximum atomic E-state index is 13.5. The van der Waals surface area contributed by atoms with Gasteiger partial charge < -0.3 is 25.4 Å². The Bertz CT molecular complexity index is 1330. The molecule has 3 aromatic carbocycles. The van der Waals surface area contributed by atoms with Crippen LogP contribution in [0.5, 0.6) is 11.5 Å². The lowest BCUT2D eigenvalue weighted by atomic mass is 10.0. The van der Waals surface area contributed by atoms with Crippen molar-refractivity contribution < 1.29 is 33.3 Å². The number of ether oxygens (including phenoxy) is 1. The summed E-state index contributed by atoms with van der Waals surface area (Å²) in [7, 11) is -4.03. The SMILES string of the molecule is Cc1cc(S(=O)(=O)N(CC(C)C)C[C@@H](O)[C@H](Cc2ccc(OCc3ccccc3)cc2)NC(=O)O)ccc1O. The van der Waals surface area contributed by atoms with Crippen molar-refractivity contribution in [2.75, 3.05) is 13.1 Å². The summed E-state index contributed by atoms with van der Waals surface area (Å²) in [6, 6.07) is 19.9. The van der Waals surface area contributed by atoms with Gasteiger partial charge in [0.15, 0.2) is 0 Å². The second kappa shape index (κ2) is 13.5. The van der Waals surface area contributed by atoms with E-state index in [-0.39, 0.29) is 36.1 Å². The van der Waals surface area contributed by atoms with Crippen molar-refractivity contribution in [3.63, 3.8) is 0 Å². The Kier molecular flexibility index (Phi) is 10.3. The average Bonchev–Trinajstić information content (AvgIpc) is 2.89. The molecule has 210 valence electrons. The summed E-state index contributed by atoms with van der Waals surface area (Å²) >= 11 is 0. The van der Waals surface area contributed by atoms with Gasteiger partial charge in [0.1, 0.15) is 18.1 Å². The third kappa shape index (κ3) is 8.71. The van der Waals surface area contributed by atoms with E-state index in [0.717, 1.165) is 15.4 Å². The van der Waals surface area contributed by atoms with Crippen LogP contribution >= 0.6 is 0 Å². The number of aromatic hydroxyl groups is 1. The molecular weight excluding hydrogens is 520 g/mol. The second-order valence-electron chi connectivity index (χ2n) is 9.91. The van der Waals surface area contributed by atoms with Crippen molar-refractivity contribution >= 4 is 16.1 Å². The Morgan fingerprint density at radius 1 is 0.974 bits per heavy atom. The van der Waals surface area contributed by atoms with E-state index in [1.165, 1.54) is 18.2 Å². The van der Waals surface area contributed by atoms with E-state index in [1.54, 1.807) is 31.2 Å². The number of sulfonamides is 1. The number of aliphatic hydroxyl groups excluding tert-OH is 1. The summed E-state index contributed by atoms with van der Waals surface area (Å²) in [6.07, 6.45) is -2.52. The first-order chi connectivity index (χ1) is 18.5. The van der Waals surface area contributed by atoms with E-state index >= 15 is 0 Å². The maximum Gasteiger partial charge on any atom is 0.404 e. The molecule has 0 saturated heterocycles. The van der Waals surface area contributed by atoms with Gasteiger partial charge in [0.2, 0.25) is 10.0 Å². The number of carbonyl (C=O) groups is 1. The van der Waals surface area contributed by atoms with Gasteiger partial charge in [0, 0.05) is 13.1 Å². The molecule has 0 aromatic heterocycles. The molecular formula is C29H36N2O7S. The highest BCUT2D eigenvalue weighted by Gasteiger charge is 2.31. The molecule has 0 heterocycles. The van der Waals surface area contributed by atoms with Crippen molar-refractivity contribution in [2.24, 2.45) is 5.92 Å². The molecule has 0 bridgehead atoms. The predicted molar refractivity (Wildman–Crippen MR) is 148 cm³/mol. The Hall–Kier alpha value is -3.60. The number of aryl methyl sites for hydroxylation is 1. The number of nitrogens with one attached hydrogen (secondary N) is 1. The van der Waals surface area contributed by atoms with Crippen LogP contribution in [0.4, 0.5) is 4.79 Å². The van der Waals surface area contributed by atoms with Crippen molar-refractivity contribution in [2.45, 2.75) is 50.8 Å². The molecule has 9 nitrogen and oxygen atoms in total. The Balaban J connectivity index is 1.75. The fraction of sp³-hybridized carbons (Fsp3) is 0.345. The van der Waals surface area contributed by atoms with Crippen molar-refractivity contribution in [1.82, 2.24) is 9.62 Å². The van der Waals surface area contributed by atoms with Gasteiger partial charge in [-0.2, -0.15) is 4.31 Å². The largest absolute Gasteiger partial charge is 0.508 e. The minimum absolute atomic E-state index is 0.0144. The number of nitrogens with zero attached hydrogens (tertiary/aromatic N) is 1. The molecule has 0 fully saturated rings. The van der Waals surface area contributed by atoms with Gasteiger partial charge in [-0.25, -0.2) is 13.2 Å². The highest BCUT2D eigenvalue weighted by Crippen LogP contribution is 2.24. The number of rotatable bonds is 13. The molecule has 0 unspecified atom stereocenters. The van der Waals surface area contributed by atoms with Gasteiger partial charge in [-0.1, -0.05) is 56.3 Å². The molecule has 4 N–H and O–H groups in total. The number of benzene rings is 3. The van der Waals surface area contributed by atoms with Crippen LogP contribution in [0.25, 0.3) is 0 Å². The molecule has 3 aromatic rings. The summed E-state index contributed by atoms with van der Waals surface area (Å²) in [5.41, 5.74) is 2.17. The van der Waals surface area contributed by atoms with Crippen LogP contribution < -0.4 is 10.1 Å². The van der Waals surface area contributed by atoms with E-state index in [2.05, 4.69) is 5.32 Å². The zero-order valence-corrected chi connectivity index (χ0v) is 23.1. The van der Waals surface area contributed by atoms with E-state index in [9.17, 15) is 28.5 Å². The van der Waals surface area contributed by atoms with E-state index in [4.69, 9.17) is 4.74 Å². The van der Waals surface area contributed by atoms with Gasteiger partial charge >= 0.3 is 6.09 Å².